The van der Waals surface area contributed by atoms with Gasteiger partial charge in [0.05, 0.1) is 11.9 Å². The molecule has 238 valence electrons. The lowest BCUT2D eigenvalue weighted by Gasteiger charge is -2.32. The van der Waals surface area contributed by atoms with Crippen LogP contribution in [0.2, 0.25) is 0 Å². The van der Waals surface area contributed by atoms with Crippen molar-refractivity contribution in [3.8, 4) is 11.3 Å². The summed E-state index contributed by atoms with van der Waals surface area (Å²) in [6.45, 7) is 9.45. The fraction of sp³-hybridized carbons (Fsp3) is 0.333. The van der Waals surface area contributed by atoms with Crippen molar-refractivity contribution in [3.05, 3.63) is 95.4 Å². The fourth-order valence-corrected chi connectivity index (χ4v) is 5.06. The molecule has 4 aromatic rings. The van der Waals surface area contributed by atoms with Crippen LogP contribution in [0.3, 0.4) is 0 Å². The minimum atomic E-state index is -3.67. The first-order chi connectivity index (χ1) is 21.5. The minimum absolute atomic E-state index is 0.120. The molecule has 1 fully saturated rings. The molecule has 0 spiro atoms. The van der Waals surface area contributed by atoms with Crippen LogP contribution < -0.4 is 10.6 Å². The van der Waals surface area contributed by atoms with Crippen molar-refractivity contribution in [2.75, 3.05) is 50.1 Å². The summed E-state index contributed by atoms with van der Waals surface area (Å²) in [5, 5.41) is 6.61. The predicted molar refractivity (Wildman–Crippen MR) is 178 cm³/mol. The highest BCUT2D eigenvalue weighted by atomic mass is 32.2. The van der Waals surface area contributed by atoms with Crippen LogP contribution >= 0.6 is 0 Å². The van der Waals surface area contributed by atoms with E-state index in [4.69, 9.17) is 9.54 Å². The Kier molecular flexibility index (Phi) is 11.7. The molecule has 1 aliphatic heterocycles. The topological polar surface area (TPSA) is 141 Å². The largest absolute Gasteiger partial charge is 0.324 e. The van der Waals surface area contributed by atoms with Crippen molar-refractivity contribution in [1.82, 2.24) is 24.8 Å². The van der Waals surface area contributed by atoms with Crippen LogP contribution in [0.1, 0.15) is 40.9 Å². The zero-order valence-electron chi connectivity index (χ0n) is 26.2. The second-order valence-electron chi connectivity index (χ2n) is 10.9. The van der Waals surface area contributed by atoms with E-state index in [0.29, 0.717) is 17.8 Å². The zero-order valence-corrected chi connectivity index (χ0v) is 27.0. The number of carbonyl (C=O) groups is 1. The molecule has 1 amide bonds. The molecular weight excluding hydrogens is 590 g/mol. The molecule has 2 aromatic carbocycles. The van der Waals surface area contributed by atoms with Crippen LogP contribution in [0.25, 0.3) is 11.3 Å². The molecule has 0 radical (unpaired) electrons. The minimum Gasteiger partial charge on any atom is -0.324 e. The Labute approximate surface area is 265 Å². The summed E-state index contributed by atoms with van der Waals surface area (Å²) < 4.78 is 25.9. The number of hydrogen-bond acceptors (Lipinski definition) is 9. The maximum atomic E-state index is 13.3. The van der Waals surface area contributed by atoms with Gasteiger partial charge in [-0.2, -0.15) is 8.42 Å². The highest BCUT2D eigenvalue weighted by molar-refractivity contribution is 7.85. The Balaban J connectivity index is 0.000000854. The third kappa shape index (κ3) is 10.1. The number of aryl methyl sites for hydroxylation is 1. The average Bonchev–Trinajstić information content (AvgIpc) is 3.02. The van der Waals surface area contributed by atoms with Crippen molar-refractivity contribution in [2.45, 2.75) is 33.2 Å². The highest BCUT2D eigenvalue weighted by Crippen LogP contribution is 2.32. The maximum Gasteiger partial charge on any atom is 0.261 e. The van der Waals surface area contributed by atoms with Crippen molar-refractivity contribution in [3.63, 3.8) is 0 Å². The number of nitrogens with one attached hydrogen (secondary N) is 2. The lowest BCUT2D eigenvalue weighted by atomic mass is 10.0. The number of hydrogen-bond donors (Lipinski definition) is 3. The van der Waals surface area contributed by atoms with Crippen molar-refractivity contribution < 1.29 is 17.8 Å². The lowest BCUT2D eigenvalue weighted by molar-refractivity contribution is 0.102. The second-order valence-corrected chi connectivity index (χ2v) is 12.4. The zero-order chi connectivity index (χ0) is 32.4. The molecule has 12 heteroatoms. The molecule has 2 aromatic heterocycles. The summed E-state index contributed by atoms with van der Waals surface area (Å²) in [6.07, 6.45) is 7.56. The third-order valence-electron chi connectivity index (χ3n) is 7.45. The van der Waals surface area contributed by atoms with Crippen LogP contribution in [0.15, 0.2) is 73.2 Å². The number of nitrogens with zero attached hydrogens (tertiary/aromatic N) is 5. The quantitative estimate of drug-likeness (QED) is 0.218. The fourth-order valence-electron chi connectivity index (χ4n) is 5.06. The van der Waals surface area contributed by atoms with Gasteiger partial charge in [-0.15, -0.1) is 0 Å². The van der Waals surface area contributed by atoms with Gasteiger partial charge in [0.1, 0.15) is 0 Å². The Morgan fingerprint density at radius 1 is 0.956 bits per heavy atom. The van der Waals surface area contributed by atoms with Crippen LogP contribution in [0.5, 0.6) is 0 Å². The first kappa shape index (κ1) is 33.7. The molecule has 11 nitrogen and oxygen atoms in total. The van der Waals surface area contributed by atoms with Crippen molar-refractivity contribution in [1.29, 1.82) is 0 Å². The third-order valence-corrected chi connectivity index (χ3v) is 7.45. The molecular formula is C33H41N7O4S. The van der Waals surface area contributed by atoms with Gasteiger partial charge in [0.25, 0.3) is 16.0 Å². The van der Waals surface area contributed by atoms with Gasteiger partial charge in [-0.1, -0.05) is 32.0 Å². The maximum absolute atomic E-state index is 13.3. The Morgan fingerprint density at radius 3 is 2.29 bits per heavy atom. The van der Waals surface area contributed by atoms with Crippen LogP contribution in [-0.2, 0) is 29.5 Å². The van der Waals surface area contributed by atoms with Gasteiger partial charge in [0.15, 0.2) is 0 Å². The first-order valence-corrected chi connectivity index (χ1v) is 16.8. The molecule has 5 rings (SSSR count). The highest BCUT2D eigenvalue weighted by Gasteiger charge is 2.17. The van der Waals surface area contributed by atoms with Crippen molar-refractivity contribution >= 4 is 33.3 Å². The Morgan fingerprint density at radius 2 is 1.67 bits per heavy atom. The number of rotatable bonds is 9. The summed E-state index contributed by atoms with van der Waals surface area (Å²) in [5.41, 5.74) is 7.48. The molecule has 0 aliphatic carbocycles. The standard InChI is InChI=1S/C32H37N7O.CH4O3S/c1-4-24-12-13-29(35-31(40)25-10-8-23(9-11-25)22-39-19-17-38(3)18-20-39)27(5-2)30(24)37-32-34-16-14-28(36-32)26-7-6-15-33-21-26;1-5(2,3)4/h6-16,21H,4-5,17-20,22H2,1-3H3,(H,35,40)(H,34,36,37);1H3,(H,2,3,4). The molecule has 3 heterocycles. The van der Waals surface area contributed by atoms with E-state index in [0.717, 1.165) is 79.3 Å². The van der Waals surface area contributed by atoms with Gasteiger partial charge in [-0.25, -0.2) is 9.97 Å². The SMILES string of the molecule is CCc1ccc(NC(=O)c2ccc(CN3CCN(C)CC3)cc2)c(CC)c1Nc1nccc(-c2cccnc2)n1.CS(=O)(=O)O. The monoisotopic (exact) mass is 631 g/mol. The number of carbonyl (C=O) groups excluding carboxylic acids is 1. The van der Waals surface area contributed by atoms with Gasteiger partial charge < -0.3 is 15.5 Å². The van der Waals surface area contributed by atoms with E-state index in [9.17, 15) is 13.2 Å². The van der Waals surface area contributed by atoms with Crippen molar-refractivity contribution in [2.24, 2.45) is 0 Å². The molecule has 45 heavy (non-hydrogen) atoms. The first-order valence-electron chi connectivity index (χ1n) is 14.9. The number of amides is 1. The molecule has 1 saturated heterocycles. The van der Waals surface area contributed by atoms with E-state index in [-0.39, 0.29) is 5.91 Å². The van der Waals surface area contributed by atoms with Crippen LogP contribution in [-0.4, -0.2) is 83.1 Å². The second kappa shape index (κ2) is 15.7. The van der Waals surface area contributed by atoms with E-state index in [2.05, 4.69) is 69.5 Å². The number of piperazine rings is 1. The van der Waals surface area contributed by atoms with E-state index in [1.165, 1.54) is 5.56 Å². The summed E-state index contributed by atoms with van der Waals surface area (Å²) >= 11 is 0. The Hall–Kier alpha value is -4.23. The Bertz CT molecular complexity index is 1670. The van der Waals surface area contributed by atoms with E-state index < -0.39 is 10.1 Å². The molecule has 1 aliphatic rings. The molecule has 0 atom stereocenters. The van der Waals surface area contributed by atoms with Crippen LogP contribution in [0.4, 0.5) is 17.3 Å². The van der Waals surface area contributed by atoms with Gasteiger partial charge in [0.2, 0.25) is 5.95 Å². The summed E-state index contributed by atoms with van der Waals surface area (Å²) in [4.78, 5) is 31.5. The van der Waals surface area contributed by atoms with E-state index in [1.54, 1.807) is 18.6 Å². The molecule has 0 saturated carbocycles. The number of likely N-dealkylation sites (N-methyl/N-ethyl adjacent to an activating group) is 1. The van der Waals surface area contributed by atoms with E-state index in [1.807, 2.05) is 36.4 Å². The van der Waals surface area contributed by atoms with Crippen LogP contribution in [0, 0.1) is 0 Å². The van der Waals surface area contributed by atoms with Gasteiger partial charge in [-0.3, -0.25) is 19.2 Å². The molecule has 0 bridgehead atoms. The summed E-state index contributed by atoms with van der Waals surface area (Å²) in [5.74, 6) is 0.385. The van der Waals surface area contributed by atoms with Gasteiger partial charge in [-0.05, 0) is 73.0 Å². The molecule has 0 unspecified atom stereocenters. The molecule has 3 N–H and O–H groups in total. The summed E-state index contributed by atoms with van der Waals surface area (Å²) in [7, 11) is -1.50. The predicted octanol–water partition coefficient (Wildman–Crippen LogP) is 4.91. The lowest BCUT2D eigenvalue weighted by Crippen LogP contribution is -2.43. The average molecular weight is 632 g/mol. The van der Waals surface area contributed by atoms with Gasteiger partial charge in [0, 0.05) is 73.8 Å². The van der Waals surface area contributed by atoms with Gasteiger partial charge >= 0.3 is 0 Å². The normalized spacial score (nSPS) is 13.9. The number of anilines is 3. The number of pyridine rings is 1. The van der Waals surface area contributed by atoms with E-state index >= 15 is 0 Å². The summed E-state index contributed by atoms with van der Waals surface area (Å²) in [6, 6.07) is 17.8. The number of benzene rings is 2. The smallest absolute Gasteiger partial charge is 0.261 e. The number of aromatic nitrogens is 3.